The van der Waals surface area contributed by atoms with E-state index in [1.807, 2.05) is 35.7 Å². The Kier molecular flexibility index (Phi) is 9.90. The Morgan fingerprint density at radius 2 is 1.61 bits per heavy atom. The van der Waals surface area contributed by atoms with Crippen LogP contribution in [0.3, 0.4) is 0 Å². The van der Waals surface area contributed by atoms with E-state index in [4.69, 9.17) is 9.47 Å². The van der Waals surface area contributed by atoms with Crippen molar-refractivity contribution in [2.75, 3.05) is 27.3 Å². The van der Waals surface area contributed by atoms with Crippen molar-refractivity contribution in [1.82, 2.24) is 15.2 Å². The average molecular weight is 530 g/mol. The van der Waals surface area contributed by atoms with Gasteiger partial charge >= 0.3 is 0 Å². The van der Waals surface area contributed by atoms with Crippen molar-refractivity contribution in [3.05, 3.63) is 111 Å². The number of methoxy groups -OCH3 is 2. The summed E-state index contributed by atoms with van der Waals surface area (Å²) in [5.41, 5.74) is 5.35. The lowest BCUT2D eigenvalue weighted by Gasteiger charge is -2.22. The maximum atomic E-state index is 12.7. The molecule has 7 heteroatoms. The second-order valence-corrected chi connectivity index (χ2v) is 10.2. The molecular formula is C31H35N3O3S. The molecule has 6 nitrogen and oxygen atoms in total. The first-order valence-electron chi connectivity index (χ1n) is 12.8. The van der Waals surface area contributed by atoms with Crippen LogP contribution in [0.2, 0.25) is 0 Å². The van der Waals surface area contributed by atoms with E-state index >= 15 is 0 Å². The smallest absolute Gasteiger partial charge is 0.270 e. The number of rotatable bonds is 13. The highest BCUT2D eigenvalue weighted by Gasteiger charge is 2.15. The molecule has 0 saturated heterocycles. The largest absolute Gasteiger partial charge is 0.493 e. The zero-order valence-corrected chi connectivity index (χ0v) is 23.1. The van der Waals surface area contributed by atoms with Gasteiger partial charge in [-0.3, -0.25) is 9.69 Å². The van der Waals surface area contributed by atoms with Crippen LogP contribution in [-0.2, 0) is 25.9 Å². The normalized spacial score (nSPS) is 10.9. The number of carbonyl (C=O) groups excluding carboxylic acids is 1. The molecule has 0 aliphatic heterocycles. The van der Waals surface area contributed by atoms with Crippen molar-refractivity contribution >= 4 is 17.2 Å². The summed E-state index contributed by atoms with van der Waals surface area (Å²) in [6, 6.07) is 24.8. The molecule has 1 aromatic heterocycles. The summed E-state index contributed by atoms with van der Waals surface area (Å²) in [5, 5.41) is 5.78. The molecule has 1 heterocycles. The van der Waals surface area contributed by atoms with Gasteiger partial charge in [-0.2, -0.15) is 0 Å². The molecule has 0 spiro atoms. The fraction of sp³-hybridized carbons (Fsp3) is 0.290. The van der Waals surface area contributed by atoms with Gasteiger partial charge in [-0.05, 0) is 48.6 Å². The maximum absolute atomic E-state index is 12.7. The van der Waals surface area contributed by atoms with Gasteiger partial charge in [0.2, 0.25) is 0 Å². The van der Waals surface area contributed by atoms with Gasteiger partial charge in [0, 0.05) is 25.0 Å². The van der Waals surface area contributed by atoms with Crippen molar-refractivity contribution in [3.8, 4) is 11.5 Å². The number of aryl methyl sites for hydroxylation is 1. The number of aromatic nitrogens is 1. The molecule has 0 bridgehead atoms. The Labute approximate surface area is 229 Å². The van der Waals surface area contributed by atoms with Gasteiger partial charge in [0.25, 0.3) is 5.91 Å². The summed E-state index contributed by atoms with van der Waals surface area (Å²) in [6.45, 7) is 4.98. The number of ether oxygens (including phenoxy) is 2. The lowest BCUT2D eigenvalue weighted by molar-refractivity contribution is 0.0949. The number of thiazole rings is 1. The topological polar surface area (TPSA) is 63.7 Å². The first kappa shape index (κ1) is 27.4. The molecule has 1 N–H and O–H groups in total. The summed E-state index contributed by atoms with van der Waals surface area (Å²) < 4.78 is 10.9. The Hall–Kier alpha value is -3.68. The Balaban J connectivity index is 1.39. The van der Waals surface area contributed by atoms with Crippen molar-refractivity contribution < 1.29 is 14.3 Å². The summed E-state index contributed by atoms with van der Waals surface area (Å²) in [4.78, 5) is 19.7. The lowest BCUT2D eigenvalue weighted by atomic mass is 10.1. The van der Waals surface area contributed by atoms with Crippen LogP contribution in [0.1, 0.15) is 37.7 Å². The van der Waals surface area contributed by atoms with Gasteiger partial charge in [0.15, 0.2) is 11.5 Å². The number of nitrogens with one attached hydrogen (secondary N) is 1. The standard InChI is InChI=1S/C31H35N3O3S/c1-23-9-11-26(12-10-23)20-34(18-16-25-13-14-28(36-2)29(19-25)37-3)21-30-33-27(22-38-30)31(35)32-17-15-24-7-5-4-6-8-24/h4-14,19,22H,15-18,20-21H2,1-3H3,(H,32,35). The summed E-state index contributed by atoms with van der Waals surface area (Å²) in [5.74, 6) is 1.34. The van der Waals surface area contributed by atoms with E-state index in [2.05, 4.69) is 64.6 Å². The predicted molar refractivity (Wildman–Crippen MR) is 153 cm³/mol. The van der Waals surface area contributed by atoms with Crippen LogP contribution in [0.25, 0.3) is 0 Å². The Morgan fingerprint density at radius 1 is 0.868 bits per heavy atom. The molecule has 1 amide bonds. The van der Waals surface area contributed by atoms with Gasteiger partial charge in [0.05, 0.1) is 20.8 Å². The van der Waals surface area contributed by atoms with Gasteiger partial charge in [-0.1, -0.05) is 66.2 Å². The number of amides is 1. The summed E-state index contributed by atoms with van der Waals surface area (Å²) in [7, 11) is 3.30. The second kappa shape index (κ2) is 13.7. The first-order valence-corrected chi connectivity index (χ1v) is 13.7. The Morgan fingerprint density at radius 3 is 2.34 bits per heavy atom. The average Bonchev–Trinajstić information content (AvgIpc) is 3.42. The minimum Gasteiger partial charge on any atom is -0.493 e. The molecule has 198 valence electrons. The van der Waals surface area contributed by atoms with Crippen LogP contribution in [0, 0.1) is 6.92 Å². The van der Waals surface area contributed by atoms with E-state index in [0.717, 1.165) is 42.4 Å². The van der Waals surface area contributed by atoms with Gasteiger partial charge in [0.1, 0.15) is 10.7 Å². The van der Waals surface area contributed by atoms with Gasteiger partial charge < -0.3 is 14.8 Å². The summed E-state index contributed by atoms with van der Waals surface area (Å²) in [6.07, 6.45) is 1.65. The third-order valence-corrected chi connectivity index (χ3v) is 7.21. The quantitative estimate of drug-likeness (QED) is 0.241. The molecule has 4 aromatic rings. The number of nitrogens with zero attached hydrogens (tertiary/aromatic N) is 2. The SMILES string of the molecule is COc1ccc(CCN(Cc2ccc(C)cc2)Cc2nc(C(=O)NCCc3ccccc3)cs2)cc1OC. The fourth-order valence-electron chi connectivity index (χ4n) is 4.22. The van der Waals surface area contributed by atoms with E-state index in [-0.39, 0.29) is 5.91 Å². The molecule has 4 rings (SSSR count). The number of benzene rings is 3. The van der Waals surface area contributed by atoms with Crippen LogP contribution < -0.4 is 14.8 Å². The lowest BCUT2D eigenvalue weighted by Crippen LogP contribution is -2.27. The van der Waals surface area contributed by atoms with Crippen molar-refractivity contribution in [2.45, 2.75) is 32.9 Å². The Bertz CT molecular complexity index is 1310. The third kappa shape index (κ3) is 7.91. The zero-order chi connectivity index (χ0) is 26.7. The van der Waals surface area contributed by atoms with Crippen molar-refractivity contribution in [1.29, 1.82) is 0 Å². The zero-order valence-electron chi connectivity index (χ0n) is 22.3. The predicted octanol–water partition coefficient (Wildman–Crippen LogP) is 5.69. The molecule has 0 saturated carbocycles. The highest BCUT2D eigenvalue weighted by atomic mass is 32.1. The maximum Gasteiger partial charge on any atom is 0.270 e. The number of hydrogen-bond donors (Lipinski definition) is 1. The monoisotopic (exact) mass is 529 g/mol. The van der Waals surface area contributed by atoms with Crippen LogP contribution in [0.4, 0.5) is 0 Å². The van der Waals surface area contributed by atoms with E-state index in [1.165, 1.54) is 33.6 Å². The summed E-state index contributed by atoms with van der Waals surface area (Å²) >= 11 is 1.53. The van der Waals surface area contributed by atoms with Crippen LogP contribution in [0.15, 0.2) is 78.2 Å². The van der Waals surface area contributed by atoms with E-state index in [1.54, 1.807) is 14.2 Å². The van der Waals surface area contributed by atoms with Crippen LogP contribution in [0.5, 0.6) is 11.5 Å². The molecular weight excluding hydrogens is 494 g/mol. The second-order valence-electron chi connectivity index (χ2n) is 9.25. The molecule has 0 aliphatic rings. The fourth-order valence-corrected chi connectivity index (χ4v) is 5.04. The van der Waals surface area contributed by atoms with E-state index < -0.39 is 0 Å². The van der Waals surface area contributed by atoms with E-state index in [9.17, 15) is 4.79 Å². The van der Waals surface area contributed by atoms with Crippen molar-refractivity contribution in [2.24, 2.45) is 0 Å². The van der Waals surface area contributed by atoms with Crippen LogP contribution in [-0.4, -0.2) is 43.1 Å². The minimum atomic E-state index is -0.126. The first-order chi connectivity index (χ1) is 18.5. The molecule has 38 heavy (non-hydrogen) atoms. The van der Waals surface area contributed by atoms with Crippen LogP contribution >= 0.6 is 11.3 Å². The highest BCUT2D eigenvalue weighted by Crippen LogP contribution is 2.28. The van der Waals surface area contributed by atoms with Gasteiger partial charge in [-0.15, -0.1) is 11.3 Å². The molecule has 0 fully saturated rings. The highest BCUT2D eigenvalue weighted by molar-refractivity contribution is 7.09. The molecule has 0 radical (unpaired) electrons. The minimum absolute atomic E-state index is 0.126. The number of hydrogen-bond acceptors (Lipinski definition) is 6. The molecule has 0 atom stereocenters. The molecule has 3 aromatic carbocycles. The third-order valence-electron chi connectivity index (χ3n) is 6.38. The van der Waals surface area contributed by atoms with Crippen molar-refractivity contribution in [3.63, 3.8) is 0 Å². The molecule has 0 aliphatic carbocycles. The van der Waals surface area contributed by atoms with Gasteiger partial charge in [-0.25, -0.2) is 4.98 Å². The number of carbonyl (C=O) groups is 1. The van der Waals surface area contributed by atoms with E-state index in [0.29, 0.717) is 18.8 Å². The molecule has 0 unspecified atom stereocenters.